The molecular weight excluding hydrogens is 289 g/mol. The van der Waals surface area contributed by atoms with E-state index in [0.717, 1.165) is 30.8 Å². The molecule has 0 spiro atoms. The molecule has 0 amide bonds. The monoisotopic (exact) mass is 309 g/mol. The molecule has 21 heavy (non-hydrogen) atoms. The van der Waals surface area contributed by atoms with Gasteiger partial charge in [-0.25, -0.2) is 4.39 Å². The predicted molar refractivity (Wildman–Crippen MR) is 84.3 cm³/mol. The number of benzene rings is 1. The van der Waals surface area contributed by atoms with Crippen molar-refractivity contribution < 1.29 is 4.39 Å². The van der Waals surface area contributed by atoms with Crippen molar-refractivity contribution in [3.8, 4) is 0 Å². The van der Waals surface area contributed by atoms with Gasteiger partial charge in [0.1, 0.15) is 5.82 Å². The van der Waals surface area contributed by atoms with Gasteiger partial charge in [0.2, 0.25) is 0 Å². The first-order valence-electron chi connectivity index (χ1n) is 7.26. The van der Waals surface area contributed by atoms with Gasteiger partial charge >= 0.3 is 0 Å². The van der Waals surface area contributed by atoms with Gasteiger partial charge < -0.3 is 5.32 Å². The Morgan fingerprint density at radius 2 is 2.05 bits per heavy atom. The lowest BCUT2D eigenvalue weighted by molar-refractivity contribution is 0.573. The van der Waals surface area contributed by atoms with Gasteiger partial charge in [-0.2, -0.15) is 5.10 Å². The average molecular weight is 310 g/mol. The molecule has 0 aliphatic rings. The van der Waals surface area contributed by atoms with Crippen LogP contribution in [0.25, 0.3) is 0 Å². The van der Waals surface area contributed by atoms with E-state index in [9.17, 15) is 4.39 Å². The van der Waals surface area contributed by atoms with Crippen molar-refractivity contribution in [3.05, 3.63) is 51.6 Å². The Labute approximate surface area is 130 Å². The SMILES string of the molecule is CCc1nn(Cc2cc(Cl)ccc2F)c(CC)c1CNC. The van der Waals surface area contributed by atoms with Gasteiger partial charge in [0.05, 0.1) is 12.2 Å². The molecule has 3 nitrogen and oxygen atoms in total. The summed E-state index contributed by atoms with van der Waals surface area (Å²) in [6.07, 6.45) is 1.74. The molecule has 2 aromatic rings. The highest BCUT2D eigenvalue weighted by atomic mass is 35.5. The van der Waals surface area contributed by atoms with Crippen molar-refractivity contribution in [1.82, 2.24) is 15.1 Å². The van der Waals surface area contributed by atoms with Crippen LogP contribution in [0.5, 0.6) is 0 Å². The molecule has 0 fully saturated rings. The number of halogens is 2. The third-order valence-corrected chi connectivity index (χ3v) is 3.84. The largest absolute Gasteiger partial charge is 0.316 e. The maximum atomic E-state index is 13.9. The lowest BCUT2D eigenvalue weighted by atomic mass is 10.1. The van der Waals surface area contributed by atoms with E-state index in [0.29, 0.717) is 17.1 Å². The number of rotatable bonds is 6. The third kappa shape index (κ3) is 3.44. The van der Waals surface area contributed by atoms with E-state index in [4.69, 9.17) is 11.6 Å². The van der Waals surface area contributed by atoms with Crippen molar-refractivity contribution in [1.29, 1.82) is 0 Å². The normalized spacial score (nSPS) is 11.1. The second-order valence-corrected chi connectivity index (χ2v) is 5.44. The molecule has 0 unspecified atom stereocenters. The van der Waals surface area contributed by atoms with Crippen LogP contribution in [-0.4, -0.2) is 16.8 Å². The van der Waals surface area contributed by atoms with Crippen molar-refractivity contribution in [2.45, 2.75) is 39.8 Å². The summed E-state index contributed by atoms with van der Waals surface area (Å²) in [6.45, 7) is 5.38. The first kappa shape index (κ1) is 16.0. The molecule has 0 aliphatic carbocycles. The molecule has 1 heterocycles. The maximum Gasteiger partial charge on any atom is 0.128 e. The zero-order valence-electron chi connectivity index (χ0n) is 12.7. The second-order valence-electron chi connectivity index (χ2n) is 5.00. The first-order valence-corrected chi connectivity index (χ1v) is 7.64. The summed E-state index contributed by atoms with van der Waals surface area (Å²) in [6, 6.07) is 4.64. The highest BCUT2D eigenvalue weighted by Gasteiger charge is 2.16. The standard InChI is InChI=1S/C16H21ClFN3/c1-4-15-13(9-19-3)16(5-2)21(20-15)10-11-8-12(17)6-7-14(11)18/h6-8,19H,4-5,9-10H2,1-3H3. The number of aryl methyl sites for hydroxylation is 1. The summed E-state index contributed by atoms with van der Waals surface area (Å²) in [5.41, 5.74) is 4.02. The smallest absolute Gasteiger partial charge is 0.128 e. The van der Waals surface area contributed by atoms with Crippen LogP contribution in [0.15, 0.2) is 18.2 Å². The number of hydrogen-bond acceptors (Lipinski definition) is 2. The topological polar surface area (TPSA) is 29.9 Å². The quantitative estimate of drug-likeness (QED) is 0.884. The van der Waals surface area contributed by atoms with E-state index < -0.39 is 0 Å². The summed E-state index contributed by atoms with van der Waals surface area (Å²) in [5, 5.41) is 8.38. The summed E-state index contributed by atoms with van der Waals surface area (Å²) in [5.74, 6) is -0.245. The number of hydrogen-bond donors (Lipinski definition) is 1. The molecule has 0 saturated heterocycles. The van der Waals surface area contributed by atoms with Crippen LogP contribution in [0.2, 0.25) is 5.02 Å². The summed E-state index contributed by atoms with van der Waals surface area (Å²) >= 11 is 5.96. The van der Waals surface area contributed by atoms with Gasteiger partial charge in [-0.1, -0.05) is 25.4 Å². The average Bonchev–Trinajstić information content (AvgIpc) is 2.80. The molecule has 0 radical (unpaired) electrons. The molecular formula is C16H21ClFN3. The first-order chi connectivity index (χ1) is 10.1. The Kier molecular flexibility index (Phi) is 5.37. The van der Waals surface area contributed by atoms with E-state index in [1.807, 2.05) is 11.7 Å². The number of nitrogens with zero attached hydrogens (tertiary/aromatic N) is 2. The van der Waals surface area contributed by atoms with Gasteiger partial charge in [-0.3, -0.25) is 4.68 Å². The van der Waals surface area contributed by atoms with Crippen LogP contribution in [-0.2, 0) is 25.9 Å². The van der Waals surface area contributed by atoms with Crippen molar-refractivity contribution in [2.75, 3.05) is 7.05 Å². The highest BCUT2D eigenvalue weighted by molar-refractivity contribution is 6.30. The number of aromatic nitrogens is 2. The molecule has 1 aromatic heterocycles. The van der Waals surface area contributed by atoms with Crippen molar-refractivity contribution >= 4 is 11.6 Å². The van der Waals surface area contributed by atoms with Gasteiger partial charge in [0.15, 0.2) is 0 Å². The van der Waals surface area contributed by atoms with Crippen LogP contribution in [0.1, 0.15) is 36.4 Å². The fourth-order valence-electron chi connectivity index (χ4n) is 2.61. The molecule has 114 valence electrons. The van der Waals surface area contributed by atoms with Crippen LogP contribution >= 0.6 is 11.6 Å². The van der Waals surface area contributed by atoms with Crippen LogP contribution in [0.4, 0.5) is 4.39 Å². The van der Waals surface area contributed by atoms with E-state index in [2.05, 4.69) is 24.3 Å². The Morgan fingerprint density at radius 3 is 2.67 bits per heavy atom. The molecule has 0 aliphatic heterocycles. The zero-order valence-corrected chi connectivity index (χ0v) is 13.5. The van der Waals surface area contributed by atoms with Gasteiger partial charge in [0, 0.05) is 28.4 Å². The van der Waals surface area contributed by atoms with Crippen LogP contribution < -0.4 is 5.32 Å². The Bertz CT molecular complexity index is 622. The minimum Gasteiger partial charge on any atom is -0.316 e. The molecule has 0 atom stereocenters. The van der Waals surface area contributed by atoms with Gasteiger partial charge in [0.25, 0.3) is 0 Å². The Balaban J connectivity index is 2.41. The summed E-state index contributed by atoms with van der Waals surface area (Å²) in [7, 11) is 1.92. The fraction of sp³-hybridized carbons (Fsp3) is 0.438. The van der Waals surface area contributed by atoms with E-state index >= 15 is 0 Å². The lowest BCUT2D eigenvalue weighted by Gasteiger charge is -2.09. The molecule has 5 heteroatoms. The maximum absolute atomic E-state index is 13.9. The predicted octanol–water partition coefficient (Wildman–Crippen LogP) is 3.57. The fourth-order valence-corrected chi connectivity index (χ4v) is 2.80. The third-order valence-electron chi connectivity index (χ3n) is 3.60. The summed E-state index contributed by atoms with van der Waals surface area (Å²) in [4.78, 5) is 0. The zero-order chi connectivity index (χ0) is 15.4. The van der Waals surface area contributed by atoms with Crippen LogP contribution in [0, 0.1) is 5.82 Å². The second kappa shape index (κ2) is 7.05. The van der Waals surface area contributed by atoms with E-state index in [-0.39, 0.29) is 5.82 Å². The van der Waals surface area contributed by atoms with E-state index in [1.165, 1.54) is 11.6 Å². The number of nitrogens with one attached hydrogen (secondary N) is 1. The minimum absolute atomic E-state index is 0.245. The molecule has 1 aromatic carbocycles. The molecule has 0 saturated carbocycles. The Morgan fingerprint density at radius 1 is 1.29 bits per heavy atom. The van der Waals surface area contributed by atoms with E-state index in [1.54, 1.807) is 12.1 Å². The Hall–Kier alpha value is -1.39. The van der Waals surface area contributed by atoms with Gasteiger partial charge in [-0.15, -0.1) is 0 Å². The molecule has 0 bridgehead atoms. The van der Waals surface area contributed by atoms with Gasteiger partial charge in [-0.05, 0) is 38.1 Å². The molecule has 1 N–H and O–H groups in total. The van der Waals surface area contributed by atoms with Crippen molar-refractivity contribution in [2.24, 2.45) is 0 Å². The van der Waals surface area contributed by atoms with Crippen molar-refractivity contribution in [3.63, 3.8) is 0 Å². The lowest BCUT2D eigenvalue weighted by Crippen LogP contribution is -2.11. The highest BCUT2D eigenvalue weighted by Crippen LogP contribution is 2.20. The van der Waals surface area contributed by atoms with Crippen LogP contribution in [0.3, 0.4) is 0 Å². The minimum atomic E-state index is -0.245. The molecule has 2 rings (SSSR count). The summed E-state index contributed by atoms with van der Waals surface area (Å²) < 4.78 is 15.8.